The summed E-state index contributed by atoms with van der Waals surface area (Å²) in [6.07, 6.45) is 1.39. The van der Waals surface area contributed by atoms with Crippen LogP contribution in [0.25, 0.3) is 0 Å². The summed E-state index contributed by atoms with van der Waals surface area (Å²) in [5, 5.41) is 3.59. The summed E-state index contributed by atoms with van der Waals surface area (Å²) in [4.78, 5) is 2.42. The molecular formula is C17H27BrN2. The molecule has 1 fully saturated rings. The van der Waals surface area contributed by atoms with E-state index < -0.39 is 0 Å². The van der Waals surface area contributed by atoms with Crippen LogP contribution in [0, 0.1) is 11.8 Å². The van der Waals surface area contributed by atoms with Crippen molar-refractivity contribution in [3.8, 4) is 0 Å². The van der Waals surface area contributed by atoms with Gasteiger partial charge in [-0.25, -0.2) is 0 Å². The monoisotopic (exact) mass is 338 g/mol. The van der Waals surface area contributed by atoms with Gasteiger partial charge in [0.25, 0.3) is 0 Å². The summed E-state index contributed by atoms with van der Waals surface area (Å²) >= 11 is 3.59. The van der Waals surface area contributed by atoms with E-state index in [9.17, 15) is 0 Å². The zero-order valence-corrected chi connectivity index (χ0v) is 14.9. The molecule has 0 heterocycles. The average Bonchev–Trinajstić information content (AvgIpc) is 3.01. The van der Waals surface area contributed by atoms with Crippen molar-refractivity contribution < 1.29 is 0 Å². The number of hydrogen-bond donors (Lipinski definition) is 1. The van der Waals surface area contributed by atoms with Crippen LogP contribution < -0.4 is 10.2 Å². The summed E-state index contributed by atoms with van der Waals surface area (Å²) in [6, 6.07) is 6.61. The Hall–Kier alpha value is -0.540. The van der Waals surface area contributed by atoms with Crippen LogP contribution in [-0.2, 0) is 6.54 Å². The molecule has 3 heteroatoms. The molecule has 0 spiro atoms. The van der Waals surface area contributed by atoms with Crippen LogP contribution >= 0.6 is 15.9 Å². The van der Waals surface area contributed by atoms with Gasteiger partial charge in [0.05, 0.1) is 0 Å². The van der Waals surface area contributed by atoms with Crippen molar-refractivity contribution in [2.24, 2.45) is 11.8 Å². The summed E-state index contributed by atoms with van der Waals surface area (Å²) in [5.41, 5.74) is 2.86. The van der Waals surface area contributed by atoms with E-state index in [1.807, 2.05) is 0 Å². The number of benzene rings is 1. The molecule has 0 saturated heterocycles. The van der Waals surface area contributed by atoms with E-state index >= 15 is 0 Å². The quantitative estimate of drug-likeness (QED) is 0.854. The summed E-state index contributed by atoms with van der Waals surface area (Å²) in [7, 11) is 2.22. The number of rotatable bonds is 5. The Kier molecular flexibility index (Phi) is 4.80. The lowest BCUT2D eigenvalue weighted by atomic mass is 10.1. The fourth-order valence-corrected chi connectivity index (χ4v) is 2.94. The van der Waals surface area contributed by atoms with E-state index in [4.69, 9.17) is 0 Å². The van der Waals surface area contributed by atoms with Crippen molar-refractivity contribution in [1.29, 1.82) is 0 Å². The van der Waals surface area contributed by atoms with E-state index in [2.05, 4.69) is 79.1 Å². The van der Waals surface area contributed by atoms with Crippen LogP contribution in [0.4, 0.5) is 5.69 Å². The topological polar surface area (TPSA) is 15.3 Å². The van der Waals surface area contributed by atoms with Crippen molar-refractivity contribution in [2.75, 3.05) is 18.5 Å². The van der Waals surface area contributed by atoms with Crippen molar-refractivity contribution in [1.82, 2.24) is 5.32 Å². The van der Waals surface area contributed by atoms with Crippen molar-refractivity contribution in [3.05, 3.63) is 28.2 Å². The van der Waals surface area contributed by atoms with Gasteiger partial charge in [-0.3, -0.25) is 0 Å². The number of halogens is 1. The smallest absolute Gasteiger partial charge is 0.0410 e. The van der Waals surface area contributed by atoms with E-state index in [0.29, 0.717) is 0 Å². The van der Waals surface area contributed by atoms with Crippen LogP contribution in [0.5, 0.6) is 0 Å². The minimum atomic E-state index is 0.142. The van der Waals surface area contributed by atoms with Gasteiger partial charge in [-0.05, 0) is 62.8 Å². The van der Waals surface area contributed by atoms with Crippen molar-refractivity contribution in [3.63, 3.8) is 0 Å². The highest BCUT2D eigenvalue weighted by molar-refractivity contribution is 9.10. The van der Waals surface area contributed by atoms with Crippen molar-refractivity contribution >= 4 is 21.6 Å². The maximum Gasteiger partial charge on any atom is 0.0410 e. The summed E-state index contributed by atoms with van der Waals surface area (Å²) in [6.45, 7) is 11.1. The van der Waals surface area contributed by atoms with Gasteiger partial charge in [0.15, 0.2) is 0 Å². The number of nitrogens with zero attached hydrogens (tertiary/aromatic N) is 1. The standard InChI is InChI=1S/C17H27BrN2/c1-12-8-14(12)11-20(5)16-7-6-15(18)9-13(16)10-19-17(2,3)4/h6-7,9,12,14,19H,8,10-11H2,1-5H3. The molecule has 2 nitrogen and oxygen atoms in total. The van der Waals surface area contributed by atoms with Gasteiger partial charge >= 0.3 is 0 Å². The second kappa shape index (κ2) is 6.07. The molecule has 0 aliphatic heterocycles. The Morgan fingerprint density at radius 2 is 2.00 bits per heavy atom. The van der Waals surface area contributed by atoms with Gasteiger partial charge in [-0.2, -0.15) is 0 Å². The molecule has 0 radical (unpaired) electrons. The molecule has 2 atom stereocenters. The molecule has 1 saturated carbocycles. The molecule has 0 bridgehead atoms. The van der Waals surface area contributed by atoms with Crippen LogP contribution in [0.3, 0.4) is 0 Å². The average molecular weight is 339 g/mol. The van der Waals surface area contributed by atoms with Gasteiger partial charge in [-0.1, -0.05) is 22.9 Å². The van der Waals surface area contributed by atoms with Gasteiger partial charge in [-0.15, -0.1) is 0 Å². The lowest BCUT2D eigenvalue weighted by molar-refractivity contribution is 0.424. The molecule has 2 rings (SSSR count). The highest BCUT2D eigenvalue weighted by Gasteiger charge is 2.33. The predicted octanol–water partition coefficient (Wildman–Crippen LogP) is 4.43. The molecule has 112 valence electrons. The number of nitrogens with one attached hydrogen (secondary N) is 1. The maximum absolute atomic E-state index is 3.59. The zero-order valence-electron chi connectivity index (χ0n) is 13.3. The second-order valence-electron chi connectivity index (χ2n) is 7.23. The number of hydrogen-bond acceptors (Lipinski definition) is 2. The Labute approximate surface area is 132 Å². The largest absolute Gasteiger partial charge is 0.374 e. The summed E-state index contributed by atoms with van der Waals surface area (Å²) in [5.74, 6) is 1.79. The Bertz CT molecular complexity index is 465. The molecular weight excluding hydrogens is 312 g/mol. The predicted molar refractivity (Wildman–Crippen MR) is 91.3 cm³/mol. The fourth-order valence-electron chi connectivity index (χ4n) is 2.53. The van der Waals surface area contributed by atoms with E-state index in [-0.39, 0.29) is 5.54 Å². The third-order valence-corrected chi connectivity index (χ3v) is 4.54. The van der Waals surface area contributed by atoms with E-state index in [1.54, 1.807) is 0 Å². The lowest BCUT2D eigenvalue weighted by Gasteiger charge is -2.26. The Balaban J connectivity index is 2.10. The van der Waals surface area contributed by atoms with Crippen LogP contribution in [0.2, 0.25) is 0 Å². The van der Waals surface area contributed by atoms with Crippen LogP contribution in [0.1, 0.15) is 39.7 Å². The van der Waals surface area contributed by atoms with Gasteiger partial charge in [0.2, 0.25) is 0 Å². The highest BCUT2D eigenvalue weighted by atomic mass is 79.9. The molecule has 1 N–H and O–H groups in total. The molecule has 1 aromatic rings. The van der Waals surface area contributed by atoms with Gasteiger partial charge in [0, 0.05) is 35.8 Å². The first-order valence-corrected chi connectivity index (χ1v) is 8.30. The van der Waals surface area contributed by atoms with Crippen LogP contribution in [-0.4, -0.2) is 19.1 Å². The first kappa shape index (κ1) is 15.8. The van der Waals surface area contributed by atoms with Gasteiger partial charge in [0.1, 0.15) is 0 Å². The molecule has 20 heavy (non-hydrogen) atoms. The normalized spacial score (nSPS) is 21.9. The molecule has 1 aromatic carbocycles. The third kappa shape index (κ3) is 4.49. The Morgan fingerprint density at radius 1 is 1.35 bits per heavy atom. The lowest BCUT2D eigenvalue weighted by Crippen LogP contribution is -2.35. The van der Waals surface area contributed by atoms with Crippen molar-refractivity contribution in [2.45, 2.75) is 46.2 Å². The molecule has 1 aliphatic carbocycles. The highest BCUT2D eigenvalue weighted by Crippen LogP contribution is 2.39. The van der Waals surface area contributed by atoms with E-state index in [0.717, 1.165) is 22.9 Å². The minimum absolute atomic E-state index is 0.142. The second-order valence-corrected chi connectivity index (χ2v) is 8.15. The maximum atomic E-state index is 3.59. The molecule has 1 aliphatic rings. The first-order valence-electron chi connectivity index (χ1n) is 7.51. The van der Waals surface area contributed by atoms with Gasteiger partial charge < -0.3 is 10.2 Å². The molecule has 0 aromatic heterocycles. The third-order valence-electron chi connectivity index (χ3n) is 4.05. The number of anilines is 1. The minimum Gasteiger partial charge on any atom is -0.374 e. The molecule has 2 unspecified atom stereocenters. The fraction of sp³-hybridized carbons (Fsp3) is 0.647. The summed E-state index contributed by atoms with van der Waals surface area (Å²) < 4.78 is 1.15. The van der Waals surface area contributed by atoms with Crippen LogP contribution in [0.15, 0.2) is 22.7 Å². The molecule has 0 amide bonds. The SMILES string of the molecule is CC1CC1CN(C)c1ccc(Br)cc1CNC(C)(C)C. The zero-order chi connectivity index (χ0) is 14.9. The first-order chi connectivity index (χ1) is 9.26. The Morgan fingerprint density at radius 3 is 2.55 bits per heavy atom. The van der Waals surface area contributed by atoms with E-state index in [1.165, 1.54) is 24.2 Å².